The Labute approximate surface area is 175 Å². The minimum absolute atomic E-state index is 0.0590. The molecule has 1 amide bonds. The molecule has 1 aromatic heterocycles. The quantitative estimate of drug-likeness (QED) is 0.643. The van der Waals surface area contributed by atoms with Crippen LogP contribution in [-0.4, -0.2) is 21.8 Å². The second-order valence-electron chi connectivity index (χ2n) is 8.40. The number of nitrogens with zero attached hydrogens (tertiary/aromatic N) is 1. The van der Waals surface area contributed by atoms with Crippen LogP contribution in [0.25, 0.3) is 10.9 Å². The number of aromatic nitrogens is 1. The molecule has 1 aliphatic rings. The molecule has 1 N–H and O–H groups in total. The van der Waals surface area contributed by atoms with E-state index < -0.39 is 5.82 Å². The number of amides is 1. The van der Waals surface area contributed by atoms with E-state index in [1.165, 1.54) is 12.1 Å². The molecule has 0 saturated heterocycles. The summed E-state index contributed by atoms with van der Waals surface area (Å²) in [7, 11) is 0. The highest BCUT2D eigenvalue weighted by Gasteiger charge is 2.27. The third-order valence-corrected chi connectivity index (χ3v) is 6.08. The number of hydrogen-bond acceptors (Lipinski definition) is 2. The van der Waals surface area contributed by atoms with Gasteiger partial charge in [0, 0.05) is 28.1 Å². The molecule has 0 unspecified atom stereocenters. The van der Waals surface area contributed by atoms with Gasteiger partial charge in [0.1, 0.15) is 5.82 Å². The molecule has 0 atom stereocenters. The van der Waals surface area contributed by atoms with E-state index in [2.05, 4.69) is 11.1 Å². The van der Waals surface area contributed by atoms with Crippen molar-refractivity contribution < 1.29 is 9.18 Å². The van der Waals surface area contributed by atoms with Crippen molar-refractivity contribution in [1.29, 1.82) is 0 Å². The van der Waals surface area contributed by atoms with Crippen molar-refractivity contribution in [2.24, 2.45) is 0 Å². The predicted molar refractivity (Wildman–Crippen MR) is 117 cm³/mol. The van der Waals surface area contributed by atoms with E-state index in [9.17, 15) is 14.0 Å². The molecule has 1 fully saturated rings. The summed E-state index contributed by atoms with van der Waals surface area (Å²) in [6, 6.07) is 11.8. The molecule has 1 aliphatic carbocycles. The van der Waals surface area contributed by atoms with Gasteiger partial charge in [-0.1, -0.05) is 31.4 Å². The Morgan fingerprint density at radius 2 is 1.87 bits per heavy atom. The largest absolute Gasteiger partial charge is 0.331 e. The first-order valence-corrected chi connectivity index (χ1v) is 10.6. The van der Waals surface area contributed by atoms with Gasteiger partial charge in [-0.15, -0.1) is 0 Å². The van der Waals surface area contributed by atoms with E-state index >= 15 is 0 Å². The topological polar surface area (TPSA) is 53.2 Å². The Hall–Kier alpha value is -2.95. The first-order valence-electron chi connectivity index (χ1n) is 10.6. The van der Waals surface area contributed by atoms with Gasteiger partial charge in [0.25, 0.3) is 11.5 Å². The molecular weight excluding hydrogens is 379 g/mol. The summed E-state index contributed by atoms with van der Waals surface area (Å²) in [6.07, 6.45) is 5.09. The third-order valence-electron chi connectivity index (χ3n) is 6.08. The molecule has 156 valence electrons. The number of aromatic amines is 1. The summed E-state index contributed by atoms with van der Waals surface area (Å²) >= 11 is 0. The van der Waals surface area contributed by atoms with Crippen LogP contribution in [0.3, 0.4) is 0 Å². The Morgan fingerprint density at radius 1 is 1.10 bits per heavy atom. The van der Waals surface area contributed by atoms with Crippen molar-refractivity contribution in [2.75, 3.05) is 0 Å². The maximum absolute atomic E-state index is 13.7. The molecular formula is C25H27FN2O2. The fraction of sp³-hybridized carbons (Fsp3) is 0.360. The van der Waals surface area contributed by atoms with Gasteiger partial charge in [0.2, 0.25) is 0 Å². The predicted octanol–water partition coefficient (Wildman–Crippen LogP) is 5.26. The molecule has 0 spiro atoms. The van der Waals surface area contributed by atoms with Gasteiger partial charge in [0.15, 0.2) is 0 Å². The maximum atomic E-state index is 13.7. The van der Waals surface area contributed by atoms with Crippen molar-refractivity contribution in [3.8, 4) is 0 Å². The van der Waals surface area contributed by atoms with Crippen LogP contribution < -0.4 is 5.56 Å². The fourth-order valence-electron chi connectivity index (χ4n) is 4.56. The number of pyridine rings is 1. The zero-order valence-electron chi connectivity index (χ0n) is 17.5. The highest BCUT2D eigenvalue weighted by atomic mass is 19.1. The lowest BCUT2D eigenvalue weighted by Gasteiger charge is -2.34. The molecule has 4 rings (SSSR count). The number of H-pyrrole nitrogens is 1. The minimum Gasteiger partial charge on any atom is -0.331 e. The molecule has 4 nitrogen and oxygen atoms in total. The lowest BCUT2D eigenvalue weighted by atomic mass is 9.93. The van der Waals surface area contributed by atoms with Crippen LogP contribution in [0.15, 0.2) is 47.3 Å². The molecule has 0 bridgehead atoms. The Balaban J connectivity index is 1.73. The number of fused-ring (bicyclic) bond motifs is 1. The van der Waals surface area contributed by atoms with Crippen LogP contribution in [0.1, 0.15) is 59.2 Å². The van der Waals surface area contributed by atoms with Gasteiger partial charge in [-0.05, 0) is 68.1 Å². The molecule has 30 heavy (non-hydrogen) atoms. The molecule has 1 saturated carbocycles. The van der Waals surface area contributed by atoms with E-state index in [1.54, 1.807) is 17.0 Å². The summed E-state index contributed by atoms with van der Waals surface area (Å²) in [6.45, 7) is 4.24. The van der Waals surface area contributed by atoms with Crippen molar-refractivity contribution >= 4 is 16.8 Å². The molecule has 0 radical (unpaired) electrons. The number of aryl methyl sites for hydroxylation is 2. The number of benzene rings is 2. The summed E-state index contributed by atoms with van der Waals surface area (Å²) in [4.78, 5) is 30.9. The first kappa shape index (κ1) is 20.3. The standard InChI is InChI=1S/C25H27FN2O2/c1-16-11-17(2)22-14-19(24(29)27-23(22)12-16)15-28(21-9-4-3-5-10-21)25(30)18-7-6-8-20(26)13-18/h6-8,11-14,21H,3-5,9-10,15H2,1-2H3,(H,27,29). The highest BCUT2D eigenvalue weighted by Crippen LogP contribution is 2.26. The Morgan fingerprint density at radius 3 is 2.60 bits per heavy atom. The Kier molecular flexibility index (Phi) is 5.71. The average molecular weight is 407 g/mol. The lowest BCUT2D eigenvalue weighted by molar-refractivity contribution is 0.0613. The van der Waals surface area contributed by atoms with Gasteiger partial charge in [-0.3, -0.25) is 9.59 Å². The van der Waals surface area contributed by atoms with Crippen molar-refractivity contribution in [1.82, 2.24) is 9.88 Å². The number of hydrogen-bond donors (Lipinski definition) is 1. The van der Waals surface area contributed by atoms with Crippen LogP contribution in [-0.2, 0) is 6.54 Å². The van der Waals surface area contributed by atoms with E-state index in [4.69, 9.17) is 0 Å². The van der Waals surface area contributed by atoms with Crippen LogP contribution in [0.2, 0.25) is 0 Å². The summed E-state index contributed by atoms with van der Waals surface area (Å²) in [5, 5.41) is 0.983. The number of nitrogens with one attached hydrogen (secondary N) is 1. The maximum Gasteiger partial charge on any atom is 0.254 e. The van der Waals surface area contributed by atoms with E-state index in [1.807, 2.05) is 26.0 Å². The second-order valence-corrected chi connectivity index (χ2v) is 8.40. The molecule has 3 aromatic rings. The average Bonchev–Trinajstić information content (AvgIpc) is 2.72. The lowest BCUT2D eigenvalue weighted by Crippen LogP contribution is -2.42. The van der Waals surface area contributed by atoms with Crippen LogP contribution in [0.4, 0.5) is 4.39 Å². The van der Waals surface area contributed by atoms with Crippen LogP contribution >= 0.6 is 0 Å². The van der Waals surface area contributed by atoms with E-state index in [0.29, 0.717) is 11.1 Å². The van der Waals surface area contributed by atoms with Crippen LogP contribution in [0, 0.1) is 19.7 Å². The van der Waals surface area contributed by atoms with Gasteiger partial charge in [-0.25, -0.2) is 4.39 Å². The molecule has 1 heterocycles. The minimum atomic E-state index is -0.431. The van der Waals surface area contributed by atoms with Gasteiger partial charge < -0.3 is 9.88 Å². The van der Waals surface area contributed by atoms with E-state index in [-0.39, 0.29) is 24.1 Å². The van der Waals surface area contributed by atoms with Crippen molar-refractivity contribution in [3.63, 3.8) is 0 Å². The van der Waals surface area contributed by atoms with Gasteiger partial charge in [-0.2, -0.15) is 0 Å². The SMILES string of the molecule is Cc1cc(C)c2cc(CN(C(=O)c3cccc(F)c3)C3CCCCC3)c(=O)[nH]c2c1. The fourth-order valence-corrected chi connectivity index (χ4v) is 4.56. The first-order chi connectivity index (χ1) is 14.4. The number of rotatable bonds is 4. The van der Waals surface area contributed by atoms with Crippen molar-refractivity contribution in [3.05, 3.63) is 80.9 Å². The number of carbonyl (C=O) groups is 1. The molecule has 2 aromatic carbocycles. The normalized spacial score (nSPS) is 14.8. The van der Waals surface area contributed by atoms with E-state index in [0.717, 1.165) is 54.1 Å². The highest BCUT2D eigenvalue weighted by molar-refractivity contribution is 5.94. The van der Waals surface area contributed by atoms with Gasteiger partial charge in [0.05, 0.1) is 6.54 Å². The number of carbonyl (C=O) groups excluding carboxylic acids is 1. The zero-order chi connectivity index (χ0) is 21.3. The molecule has 0 aliphatic heterocycles. The van der Waals surface area contributed by atoms with Crippen molar-refractivity contribution in [2.45, 2.75) is 58.5 Å². The molecule has 5 heteroatoms. The summed E-state index contributed by atoms with van der Waals surface area (Å²) in [5.74, 6) is -0.652. The van der Waals surface area contributed by atoms with Gasteiger partial charge >= 0.3 is 0 Å². The summed E-state index contributed by atoms with van der Waals surface area (Å²) < 4.78 is 13.7. The second kappa shape index (κ2) is 8.42. The number of halogens is 1. The van der Waals surface area contributed by atoms with Crippen LogP contribution in [0.5, 0.6) is 0 Å². The zero-order valence-corrected chi connectivity index (χ0v) is 17.5. The smallest absolute Gasteiger partial charge is 0.254 e. The monoisotopic (exact) mass is 406 g/mol. The third kappa shape index (κ3) is 4.16. The Bertz CT molecular complexity index is 1150. The summed E-state index contributed by atoms with van der Waals surface area (Å²) in [5.41, 5.74) is 3.69.